The second-order valence-electron chi connectivity index (χ2n) is 8.97. The topological polar surface area (TPSA) is 122 Å². The van der Waals surface area contributed by atoms with E-state index in [1.807, 2.05) is 42.0 Å². The number of aryl methyl sites for hydroxylation is 1. The Morgan fingerprint density at radius 2 is 2.03 bits per heavy atom. The van der Waals surface area contributed by atoms with Crippen molar-refractivity contribution in [3.63, 3.8) is 0 Å². The number of hydrogen-bond acceptors (Lipinski definition) is 7. The second-order valence-corrected chi connectivity index (χ2v) is 9.38. The number of imidazole rings is 1. The molecule has 36 heavy (non-hydrogen) atoms. The number of benzene rings is 1. The summed E-state index contributed by atoms with van der Waals surface area (Å²) < 4.78 is 8.14. The quantitative estimate of drug-likeness (QED) is 0.351. The molecular weight excluding hydrogens is 482 g/mol. The summed E-state index contributed by atoms with van der Waals surface area (Å²) in [6.07, 6.45) is 7.28. The Hall–Kier alpha value is -3.53. The average Bonchev–Trinajstić information content (AvgIpc) is 3.51. The maximum absolute atomic E-state index is 12.6. The smallest absolute Gasteiger partial charge is 0.223 e. The summed E-state index contributed by atoms with van der Waals surface area (Å²) in [5.41, 5.74) is 3.94. The van der Waals surface area contributed by atoms with Crippen LogP contribution in [0, 0.1) is 12.8 Å². The zero-order chi connectivity index (χ0) is 25.2. The molecule has 1 amide bonds. The SMILES string of the molecule is Cc1cc(-n2ccnc2)c2cccc(OCc3c(Cl)cncc3CNC(=O)C3C[C@@H](O)[C@@H](O)C3)c2n1. The van der Waals surface area contributed by atoms with E-state index in [-0.39, 0.29) is 31.9 Å². The van der Waals surface area contributed by atoms with Crippen LogP contribution < -0.4 is 10.1 Å². The van der Waals surface area contributed by atoms with Gasteiger partial charge in [0.25, 0.3) is 0 Å². The minimum Gasteiger partial charge on any atom is -0.487 e. The van der Waals surface area contributed by atoms with Crippen molar-refractivity contribution in [2.75, 3.05) is 0 Å². The van der Waals surface area contributed by atoms with Gasteiger partial charge in [0.05, 0.1) is 29.2 Å². The molecule has 3 N–H and O–H groups in total. The molecule has 3 heterocycles. The number of nitrogens with one attached hydrogen (secondary N) is 1. The van der Waals surface area contributed by atoms with Crippen molar-refractivity contribution >= 4 is 28.4 Å². The van der Waals surface area contributed by atoms with E-state index >= 15 is 0 Å². The molecule has 0 radical (unpaired) electrons. The fourth-order valence-electron chi connectivity index (χ4n) is 4.56. The molecule has 0 aliphatic heterocycles. The number of aromatic nitrogens is 4. The molecular formula is C26H26ClN5O4. The van der Waals surface area contributed by atoms with Crippen LogP contribution in [-0.4, -0.2) is 47.8 Å². The molecule has 0 saturated heterocycles. The lowest BCUT2D eigenvalue weighted by Gasteiger charge is -2.16. The first-order valence-electron chi connectivity index (χ1n) is 11.7. The van der Waals surface area contributed by atoms with Crippen LogP contribution in [0.15, 0.2) is 55.4 Å². The number of hydrogen-bond donors (Lipinski definition) is 3. The fourth-order valence-corrected chi connectivity index (χ4v) is 4.79. The minimum atomic E-state index is -0.871. The van der Waals surface area contributed by atoms with Crippen molar-refractivity contribution < 1.29 is 19.7 Å². The first kappa shape index (κ1) is 24.2. The maximum atomic E-state index is 12.6. The summed E-state index contributed by atoms with van der Waals surface area (Å²) in [4.78, 5) is 25.6. The summed E-state index contributed by atoms with van der Waals surface area (Å²) in [6, 6.07) is 7.76. The first-order valence-corrected chi connectivity index (χ1v) is 12.0. The van der Waals surface area contributed by atoms with Gasteiger partial charge in [0.1, 0.15) is 17.9 Å². The van der Waals surface area contributed by atoms with Gasteiger partial charge in [-0.2, -0.15) is 0 Å². The van der Waals surface area contributed by atoms with Crippen molar-refractivity contribution in [1.29, 1.82) is 0 Å². The number of nitrogens with zero attached hydrogens (tertiary/aromatic N) is 4. The molecule has 0 bridgehead atoms. The van der Waals surface area contributed by atoms with Gasteiger partial charge in [0.15, 0.2) is 0 Å². The minimum absolute atomic E-state index is 0.155. The highest BCUT2D eigenvalue weighted by molar-refractivity contribution is 6.31. The molecule has 1 unspecified atom stereocenters. The number of halogens is 1. The van der Waals surface area contributed by atoms with Crippen LogP contribution in [0.3, 0.4) is 0 Å². The number of para-hydroxylation sites is 1. The third-order valence-corrected chi connectivity index (χ3v) is 6.80. The molecule has 1 aliphatic rings. The monoisotopic (exact) mass is 507 g/mol. The number of pyridine rings is 2. The van der Waals surface area contributed by atoms with Gasteiger partial charge in [0, 0.05) is 53.9 Å². The van der Waals surface area contributed by atoms with Gasteiger partial charge in [-0.1, -0.05) is 23.7 Å². The standard InChI is InChI=1S/C26H26ClN5O4/c1-15-7-21(32-6-5-28-14-32)18-3-2-4-24(25(18)31-15)36-13-19-17(10-29-12-20(19)27)11-30-26(35)16-8-22(33)23(34)9-16/h2-7,10,12,14,16,22-23,33-34H,8-9,11,13H2,1H3,(H,30,35)/t16?,22-,23+. The first-order chi connectivity index (χ1) is 17.4. The molecule has 9 nitrogen and oxygen atoms in total. The maximum Gasteiger partial charge on any atom is 0.223 e. The fraction of sp³-hybridized carbons (Fsp3) is 0.308. The lowest BCUT2D eigenvalue weighted by atomic mass is 10.1. The van der Waals surface area contributed by atoms with E-state index in [0.29, 0.717) is 16.3 Å². The summed E-state index contributed by atoms with van der Waals surface area (Å²) in [6.45, 7) is 2.29. The lowest BCUT2D eigenvalue weighted by Crippen LogP contribution is -2.30. The van der Waals surface area contributed by atoms with Crippen LogP contribution in [0.5, 0.6) is 5.75 Å². The molecule has 3 atom stereocenters. The van der Waals surface area contributed by atoms with Gasteiger partial charge in [0.2, 0.25) is 5.91 Å². The number of rotatable bonds is 7. The van der Waals surface area contributed by atoms with Gasteiger partial charge < -0.3 is 24.8 Å². The second kappa shape index (κ2) is 10.2. The van der Waals surface area contributed by atoms with E-state index in [1.54, 1.807) is 18.7 Å². The number of aliphatic hydroxyl groups excluding tert-OH is 2. The number of aliphatic hydroxyl groups is 2. The zero-order valence-electron chi connectivity index (χ0n) is 19.6. The molecule has 1 saturated carbocycles. The van der Waals surface area contributed by atoms with Crippen LogP contribution in [0.4, 0.5) is 0 Å². The van der Waals surface area contributed by atoms with Crippen molar-refractivity contribution in [2.24, 2.45) is 5.92 Å². The highest BCUT2D eigenvalue weighted by atomic mass is 35.5. The number of ether oxygens (including phenoxy) is 1. The Labute approximate surface area is 212 Å². The van der Waals surface area contributed by atoms with Gasteiger partial charge in [-0.25, -0.2) is 9.97 Å². The Bertz CT molecular complexity index is 1380. The molecule has 4 aromatic rings. The molecule has 10 heteroatoms. The van der Waals surface area contributed by atoms with Gasteiger partial charge in [-0.3, -0.25) is 9.78 Å². The Kier molecular flexibility index (Phi) is 6.86. The van der Waals surface area contributed by atoms with Crippen LogP contribution in [0.1, 0.15) is 29.7 Å². The van der Waals surface area contributed by atoms with Crippen LogP contribution in [0.2, 0.25) is 5.02 Å². The van der Waals surface area contributed by atoms with Crippen molar-refractivity contribution in [2.45, 2.75) is 45.1 Å². The lowest BCUT2D eigenvalue weighted by molar-refractivity contribution is -0.125. The van der Waals surface area contributed by atoms with E-state index in [9.17, 15) is 15.0 Å². The van der Waals surface area contributed by atoms with E-state index < -0.39 is 18.1 Å². The summed E-state index contributed by atoms with van der Waals surface area (Å²) in [5, 5.41) is 23.7. The Morgan fingerprint density at radius 1 is 1.22 bits per heavy atom. The van der Waals surface area contributed by atoms with Crippen LogP contribution >= 0.6 is 11.6 Å². The third-order valence-electron chi connectivity index (χ3n) is 6.48. The van der Waals surface area contributed by atoms with Crippen molar-refractivity contribution in [3.05, 3.63) is 77.2 Å². The Balaban J connectivity index is 1.36. The van der Waals surface area contributed by atoms with Crippen LogP contribution in [0.25, 0.3) is 16.6 Å². The highest BCUT2D eigenvalue weighted by Gasteiger charge is 2.35. The van der Waals surface area contributed by atoms with Crippen molar-refractivity contribution in [3.8, 4) is 11.4 Å². The largest absolute Gasteiger partial charge is 0.487 e. The van der Waals surface area contributed by atoms with E-state index in [2.05, 4.69) is 15.3 Å². The highest BCUT2D eigenvalue weighted by Crippen LogP contribution is 2.31. The van der Waals surface area contributed by atoms with Gasteiger partial charge in [-0.15, -0.1) is 0 Å². The Morgan fingerprint density at radius 3 is 2.78 bits per heavy atom. The molecule has 0 spiro atoms. The predicted octanol–water partition coefficient (Wildman–Crippen LogP) is 3.10. The van der Waals surface area contributed by atoms with Crippen LogP contribution in [-0.2, 0) is 17.9 Å². The number of carbonyl (C=O) groups excluding carboxylic acids is 1. The van der Waals surface area contributed by atoms with E-state index in [0.717, 1.165) is 27.8 Å². The van der Waals surface area contributed by atoms with E-state index in [1.165, 1.54) is 6.20 Å². The number of amides is 1. The normalized spacial score (nSPS) is 19.5. The molecule has 1 aliphatic carbocycles. The number of carbonyl (C=O) groups is 1. The average molecular weight is 508 g/mol. The third kappa shape index (κ3) is 4.90. The predicted molar refractivity (Wildman–Crippen MR) is 134 cm³/mol. The molecule has 3 aromatic heterocycles. The summed E-state index contributed by atoms with van der Waals surface area (Å²) in [5.74, 6) is -0.0518. The van der Waals surface area contributed by atoms with Gasteiger partial charge >= 0.3 is 0 Å². The zero-order valence-corrected chi connectivity index (χ0v) is 20.4. The van der Waals surface area contributed by atoms with Gasteiger partial charge in [-0.05, 0) is 37.5 Å². The summed E-state index contributed by atoms with van der Waals surface area (Å²) in [7, 11) is 0. The van der Waals surface area contributed by atoms with Crippen molar-refractivity contribution in [1.82, 2.24) is 24.8 Å². The number of fused-ring (bicyclic) bond motifs is 1. The molecule has 1 fully saturated rings. The molecule has 186 valence electrons. The molecule has 1 aromatic carbocycles. The molecule has 5 rings (SSSR count). The van der Waals surface area contributed by atoms with E-state index in [4.69, 9.17) is 21.3 Å². The summed E-state index contributed by atoms with van der Waals surface area (Å²) >= 11 is 6.47.